The minimum Gasteiger partial charge on any atom is -0.438 e. The fourth-order valence-corrected chi connectivity index (χ4v) is 2.81. The summed E-state index contributed by atoms with van der Waals surface area (Å²) < 4.78 is 21.4. The van der Waals surface area contributed by atoms with Gasteiger partial charge in [-0.25, -0.2) is 19.0 Å². The Morgan fingerprint density at radius 2 is 2.04 bits per heavy atom. The zero-order valence-electron chi connectivity index (χ0n) is 14.8. The van der Waals surface area contributed by atoms with Gasteiger partial charge >= 0.3 is 0 Å². The summed E-state index contributed by atoms with van der Waals surface area (Å²) in [6.45, 7) is 0.0808. The first-order chi connectivity index (χ1) is 13.0. The van der Waals surface area contributed by atoms with Gasteiger partial charge in [0.05, 0.1) is 17.4 Å². The molecule has 4 rings (SSSR count). The van der Waals surface area contributed by atoms with E-state index in [1.54, 1.807) is 17.8 Å². The third-order valence-electron chi connectivity index (χ3n) is 4.53. The number of halogens is 1. The van der Waals surface area contributed by atoms with Gasteiger partial charge in [0.15, 0.2) is 5.82 Å². The second-order valence-corrected chi connectivity index (χ2v) is 6.64. The summed E-state index contributed by atoms with van der Waals surface area (Å²) in [6, 6.07) is 6.07. The van der Waals surface area contributed by atoms with Crippen molar-refractivity contribution >= 4 is 0 Å². The summed E-state index contributed by atoms with van der Waals surface area (Å²) in [4.78, 5) is 8.53. The molecule has 140 valence electrons. The van der Waals surface area contributed by atoms with E-state index in [9.17, 15) is 9.50 Å². The second kappa shape index (κ2) is 7.05. The first-order valence-corrected chi connectivity index (χ1v) is 8.77. The van der Waals surface area contributed by atoms with Gasteiger partial charge in [-0.05, 0) is 25.0 Å². The number of aliphatic hydroxyl groups is 1. The predicted octanol–water partition coefficient (Wildman–Crippen LogP) is 2.68. The quantitative estimate of drug-likeness (QED) is 0.693. The SMILES string of the molecule is Cn1nc(C2CC2)cc1Oc1cc(F)ccc1-c1ncc([C@@H](O)CN)cn1. The summed E-state index contributed by atoms with van der Waals surface area (Å²) in [5, 5.41) is 14.2. The Bertz CT molecular complexity index is 953. The average molecular weight is 369 g/mol. The Balaban J connectivity index is 1.66. The van der Waals surface area contributed by atoms with Crippen LogP contribution in [0.3, 0.4) is 0 Å². The number of rotatable bonds is 6. The van der Waals surface area contributed by atoms with Crippen LogP contribution in [-0.4, -0.2) is 31.4 Å². The van der Waals surface area contributed by atoms with Crippen molar-refractivity contribution in [2.45, 2.75) is 24.9 Å². The molecule has 27 heavy (non-hydrogen) atoms. The molecular weight excluding hydrogens is 349 g/mol. The molecule has 2 aromatic heterocycles. The molecule has 0 aliphatic heterocycles. The van der Waals surface area contributed by atoms with Gasteiger partial charge in [-0.1, -0.05) is 0 Å². The molecular formula is C19H20FN5O2. The zero-order valence-corrected chi connectivity index (χ0v) is 14.8. The van der Waals surface area contributed by atoms with E-state index in [2.05, 4.69) is 15.1 Å². The first-order valence-electron chi connectivity index (χ1n) is 8.77. The van der Waals surface area contributed by atoms with Crippen molar-refractivity contribution in [2.75, 3.05) is 6.54 Å². The molecule has 0 radical (unpaired) electrons. The van der Waals surface area contributed by atoms with Crippen LogP contribution in [0.1, 0.15) is 36.1 Å². The van der Waals surface area contributed by atoms with Crippen LogP contribution < -0.4 is 10.5 Å². The smallest absolute Gasteiger partial charge is 0.217 e. The number of nitrogens with two attached hydrogens (primary N) is 1. The predicted molar refractivity (Wildman–Crippen MR) is 96.7 cm³/mol. The lowest BCUT2D eigenvalue weighted by Gasteiger charge is -2.11. The van der Waals surface area contributed by atoms with Crippen LogP contribution in [0.2, 0.25) is 0 Å². The molecule has 1 saturated carbocycles. The number of hydrogen-bond donors (Lipinski definition) is 2. The molecule has 0 spiro atoms. The Hall–Kier alpha value is -2.84. The van der Waals surface area contributed by atoms with E-state index in [-0.39, 0.29) is 6.54 Å². The van der Waals surface area contributed by atoms with Crippen molar-refractivity contribution in [3.05, 3.63) is 53.7 Å². The molecule has 1 aliphatic rings. The Morgan fingerprint density at radius 3 is 2.70 bits per heavy atom. The lowest BCUT2D eigenvalue weighted by Crippen LogP contribution is -2.12. The van der Waals surface area contributed by atoms with Crippen LogP contribution in [0, 0.1) is 5.82 Å². The molecule has 3 N–H and O–H groups in total. The molecule has 2 heterocycles. The van der Waals surface area contributed by atoms with Crippen LogP contribution in [0.25, 0.3) is 11.4 Å². The van der Waals surface area contributed by atoms with Crippen LogP contribution in [0.15, 0.2) is 36.7 Å². The van der Waals surface area contributed by atoms with E-state index < -0.39 is 11.9 Å². The van der Waals surface area contributed by atoms with Crippen LogP contribution >= 0.6 is 0 Å². The van der Waals surface area contributed by atoms with Gasteiger partial charge in [0.2, 0.25) is 5.88 Å². The highest BCUT2D eigenvalue weighted by molar-refractivity contribution is 5.64. The van der Waals surface area contributed by atoms with Gasteiger partial charge in [-0.15, -0.1) is 0 Å². The number of aromatic nitrogens is 4. The van der Waals surface area contributed by atoms with Gasteiger partial charge in [0.1, 0.15) is 11.6 Å². The number of hydrogen-bond acceptors (Lipinski definition) is 6. The third kappa shape index (κ3) is 3.67. The Morgan fingerprint density at radius 1 is 1.30 bits per heavy atom. The van der Waals surface area contributed by atoms with Crippen LogP contribution in [-0.2, 0) is 7.05 Å². The van der Waals surface area contributed by atoms with Crippen LogP contribution in [0.5, 0.6) is 11.6 Å². The Labute approximate surface area is 155 Å². The van der Waals surface area contributed by atoms with Crippen LogP contribution in [0.4, 0.5) is 4.39 Å². The summed E-state index contributed by atoms with van der Waals surface area (Å²) in [5.41, 5.74) is 7.50. The molecule has 0 bridgehead atoms. The maximum absolute atomic E-state index is 13.8. The maximum atomic E-state index is 13.8. The second-order valence-electron chi connectivity index (χ2n) is 6.64. The van der Waals surface area contributed by atoms with Gasteiger partial charge in [-0.2, -0.15) is 5.10 Å². The minimum absolute atomic E-state index is 0.0808. The molecule has 3 aromatic rings. The number of benzene rings is 1. The monoisotopic (exact) mass is 369 g/mol. The number of aryl methyl sites for hydroxylation is 1. The van der Waals surface area contributed by atoms with Gasteiger partial charge in [0.25, 0.3) is 0 Å². The lowest BCUT2D eigenvalue weighted by atomic mass is 10.1. The average Bonchev–Trinajstić information content (AvgIpc) is 3.46. The molecule has 8 heteroatoms. The maximum Gasteiger partial charge on any atom is 0.217 e. The zero-order chi connectivity index (χ0) is 19.0. The van der Waals surface area contributed by atoms with E-state index in [1.165, 1.54) is 24.5 Å². The van der Waals surface area contributed by atoms with Crippen molar-refractivity contribution in [1.29, 1.82) is 0 Å². The first kappa shape index (κ1) is 17.6. The molecule has 0 unspecified atom stereocenters. The van der Waals surface area contributed by atoms with Crippen molar-refractivity contribution in [2.24, 2.45) is 12.8 Å². The Kier molecular flexibility index (Phi) is 4.59. The van der Waals surface area contributed by atoms with Gasteiger partial charge in [0, 0.05) is 49.6 Å². The van der Waals surface area contributed by atoms with Gasteiger partial charge < -0.3 is 15.6 Å². The molecule has 0 saturated heterocycles. The molecule has 1 fully saturated rings. The van der Waals surface area contributed by atoms with E-state index in [4.69, 9.17) is 10.5 Å². The summed E-state index contributed by atoms with van der Waals surface area (Å²) in [5.74, 6) is 1.26. The minimum atomic E-state index is -0.821. The number of nitrogens with zero attached hydrogens (tertiary/aromatic N) is 4. The summed E-state index contributed by atoms with van der Waals surface area (Å²) in [7, 11) is 1.79. The fraction of sp³-hybridized carbons (Fsp3) is 0.316. The highest BCUT2D eigenvalue weighted by atomic mass is 19.1. The molecule has 1 aromatic carbocycles. The third-order valence-corrected chi connectivity index (χ3v) is 4.53. The van der Waals surface area contributed by atoms with Crippen molar-refractivity contribution in [3.63, 3.8) is 0 Å². The normalized spacial score (nSPS) is 15.0. The molecule has 1 aliphatic carbocycles. The van der Waals surface area contributed by atoms with E-state index in [1.807, 2.05) is 6.07 Å². The summed E-state index contributed by atoms with van der Waals surface area (Å²) >= 11 is 0. The fourth-order valence-electron chi connectivity index (χ4n) is 2.81. The largest absolute Gasteiger partial charge is 0.438 e. The van der Waals surface area contributed by atoms with E-state index in [0.717, 1.165) is 18.5 Å². The lowest BCUT2D eigenvalue weighted by molar-refractivity contribution is 0.186. The molecule has 1 atom stereocenters. The van der Waals surface area contributed by atoms with Crippen molar-refractivity contribution < 1.29 is 14.2 Å². The molecule has 7 nitrogen and oxygen atoms in total. The topological polar surface area (TPSA) is 99.1 Å². The van der Waals surface area contributed by atoms with Crippen molar-refractivity contribution in [1.82, 2.24) is 19.7 Å². The number of aliphatic hydroxyl groups excluding tert-OH is 1. The van der Waals surface area contributed by atoms with E-state index >= 15 is 0 Å². The summed E-state index contributed by atoms with van der Waals surface area (Å²) in [6.07, 6.45) is 4.45. The number of ether oxygens (including phenoxy) is 1. The highest BCUT2D eigenvalue weighted by Gasteiger charge is 2.27. The standard InChI is InChI=1S/C19H20FN5O2/c1-25-18(7-15(24-25)11-2-3-11)27-17-6-13(20)4-5-14(17)19-22-9-12(10-23-19)16(26)8-21/h4-7,9-11,16,26H,2-3,8,21H2,1H3/t16-/m0/s1. The molecule has 0 amide bonds. The van der Waals surface area contributed by atoms with E-state index in [0.29, 0.717) is 34.5 Å². The highest BCUT2D eigenvalue weighted by Crippen LogP contribution is 2.41. The van der Waals surface area contributed by atoms with Crippen molar-refractivity contribution in [3.8, 4) is 23.0 Å². The van der Waals surface area contributed by atoms with Gasteiger partial charge in [-0.3, -0.25) is 0 Å².